The van der Waals surface area contributed by atoms with Gasteiger partial charge in [0, 0.05) is 31.0 Å². The van der Waals surface area contributed by atoms with Crippen molar-refractivity contribution in [2.75, 3.05) is 0 Å². The van der Waals surface area contributed by atoms with E-state index >= 15 is 0 Å². The fourth-order valence-electron chi connectivity index (χ4n) is 2.66. The van der Waals surface area contributed by atoms with Gasteiger partial charge in [0.1, 0.15) is 11.9 Å². The van der Waals surface area contributed by atoms with E-state index in [1.165, 1.54) is 13.8 Å². The average Bonchev–Trinajstić information content (AvgIpc) is 2.62. The number of ether oxygens (including phenoxy) is 2. The van der Waals surface area contributed by atoms with Gasteiger partial charge in [0.15, 0.2) is 0 Å². The first-order chi connectivity index (χ1) is 13.0. The molecule has 1 unspecified atom stereocenters. The zero-order valence-electron chi connectivity index (χ0n) is 16.0. The van der Waals surface area contributed by atoms with Crippen LogP contribution in [0.25, 0.3) is 10.9 Å². The van der Waals surface area contributed by atoms with Crippen LogP contribution in [-0.2, 0) is 20.7 Å². The van der Waals surface area contributed by atoms with E-state index in [0.29, 0.717) is 18.6 Å². The number of pyridine rings is 1. The number of carbonyl (C=O) groups excluding carboxylic acids is 2. The number of hydrogen-bond donors (Lipinski definition) is 0. The highest BCUT2D eigenvalue weighted by Gasteiger charge is 2.12. The second kappa shape index (κ2) is 10.3. The van der Waals surface area contributed by atoms with Gasteiger partial charge in [-0.25, -0.2) is 0 Å². The molecule has 1 atom stereocenters. The highest BCUT2D eigenvalue weighted by molar-refractivity contribution is 5.87. The molecule has 2 aromatic rings. The minimum absolute atomic E-state index is 0.323. The van der Waals surface area contributed by atoms with Gasteiger partial charge in [-0.3, -0.25) is 14.6 Å². The van der Waals surface area contributed by atoms with E-state index in [0.717, 1.165) is 23.0 Å². The molecular weight excluding hydrogens is 342 g/mol. The molecule has 0 aliphatic heterocycles. The molecule has 0 radical (unpaired) electrons. The molecule has 1 heterocycles. The van der Waals surface area contributed by atoms with Crippen molar-refractivity contribution in [3.63, 3.8) is 0 Å². The second-order valence-corrected chi connectivity index (χ2v) is 6.13. The molecule has 1 aromatic heterocycles. The van der Waals surface area contributed by atoms with Crippen molar-refractivity contribution in [3.8, 4) is 5.75 Å². The number of rotatable bonds is 8. The third-order valence-corrected chi connectivity index (χ3v) is 3.80. The van der Waals surface area contributed by atoms with E-state index in [-0.39, 0.29) is 18.0 Å². The summed E-state index contributed by atoms with van der Waals surface area (Å²) in [7, 11) is 0. The van der Waals surface area contributed by atoms with E-state index in [2.05, 4.69) is 11.9 Å². The Kier molecular flexibility index (Phi) is 7.74. The van der Waals surface area contributed by atoms with E-state index in [1.54, 1.807) is 6.07 Å². The van der Waals surface area contributed by atoms with Gasteiger partial charge in [-0.1, -0.05) is 37.3 Å². The lowest BCUT2D eigenvalue weighted by Crippen LogP contribution is -2.15. The predicted molar refractivity (Wildman–Crippen MR) is 105 cm³/mol. The fourth-order valence-corrected chi connectivity index (χ4v) is 2.66. The summed E-state index contributed by atoms with van der Waals surface area (Å²) < 4.78 is 10.7. The number of hydrogen-bond acceptors (Lipinski definition) is 5. The van der Waals surface area contributed by atoms with Gasteiger partial charge in [-0.05, 0) is 37.5 Å². The molecule has 0 fully saturated rings. The number of allylic oxidation sites excluding steroid dienone is 3. The second-order valence-electron chi connectivity index (χ2n) is 6.13. The largest absolute Gasteiger partial charge is 0.458 e. The van der Waals surface area contributed by atoms with Crippen LogP contribution in [0.4, 0.5) is 0 Å². The molecule has 0 N–H and O–H groups in total. The summed E-state index contributed by atoms with van der Waals surface area (Å²) in [5, 5.41) is 0.789. The van der Waals surface area contributed by atoms with E-state index in [4.69, 9.17) is 9.47 Å². The molecule has 0 bridgehead atoms. The van der Waals surface area contributed by atoms with Crippen molar-refractivity contribution in [1.29, 1.82) is 0 Å². The van der Waals surface area contributed by atoms with Crippen molar-refractivity contribution in [3.05, 3.63) is 60.3 Å². The lowest BCUT2D eigenvalue weighted by atomic mass is 10.1. The molecule has 0 aliphatic carbocycles. The third-order valence-electron chi connectivity index (χ3n) is 3.80. The number of benzene rings is 1. The maximum atomic E-state index is 11.4. The minimum Gasteiger partial charge on any atom is -0.458 e. The maximum absolute atomic E-state index is 11.4. The van der Waals surface area contributed by atoms with Gasteiger partial charge in [-0.2, -0.15) is 0 Å². The minimum atomic E-state index is -0.374. The molecule has 2 rings (SSSR count). The molecule has 0 saturated carbocycles. The first kappa shape index (κ1) is 20.4. The predicted octanol–water partition coefficient (Wildman–Crippen LogP) is 4.55. The SMILES string of the molecule is CC/C=C/C=C/C(CCc1cc(OC(C)=O)c2ccccc2n1)OC(C)=O. The number of carbonyl (C=O) groups is 2. The Morgan fingerprint density at radius 1 is 1.15 bits per heavy atom. The molecule has 142 valence electrons. The fraction of sp³-hybridized carbons (Fsp3) is 0.318. The van der Waals surface area contributed by atoms with Crippen LogP contribution in [-0.4, -0.2) is 23.0 Å². The number of aromatic nitrogens is 1. The molecule has 0 spiro atoms. The Hall–Kier alpha value is -2.95. The van der Waals surface area contributed by atoms with Crippen LogP contribution in [0.15, 0.2) is 54.6 Å². The summed E-state index contributed by atoms with van der Waals surface area (Å²) in [5.74, 6) is -0.203. The van der Waals surface area contributed by atoms with Crippen molar-refractivity contribution < 1.29 is 19.1 Å². The molecular formula is C22H25NO4. The van der Waals surface area contributed by atoms with Gasteiger partial charge >= 0.3 is 11.9 Å². The van der Waals surface area contributed by atoms with Crippen LogP contribution in [0.2, 0.25) is 0 Å². The summed E-state index contributed by atoms with van der Waals surface area (Å²) >= 11 is 0. The van der Waals surface area contributed by atoms with Crippen LogP contribution in [0, 0.1) is 0 Å². The normalized spacial score (nSPS) is 12.6. The zero-order valence-corrected chi connectivity index (χ0v) is 16.0. The summed E-state index contributed by atoms with van der Waals surface area (Å²) in [5.41, 5.74) is 1.54. The van der Waals surface area contributed by atoms with Gasteiger partial charge < -0.3 is 9.47 Å². The summed E-state index contributed by atoms with van der Waals surface area (Å²) in [6.45, 7) is 4.83. The Morgan fingerprint density at radius 3 is 2.63 bits per heavy atom. The van der Waals surface area contributed by atoms with Crippen LogP contribution >= 0.6 is 0 Å². The van der Waals surface area contributed by atoms with E-state index in [9.17, 15) is 9.59 Å². The van der Waals surface area contributed by atoms with Crippen LogP contribution < -0.4 is 4.74 Å². The number of aryl methyl sites for hydroxylation is 1. The highest BCUT2D eigenvalue weighted by Crippen LogP contribution is 2.26. The van der Waals surface area contributed by atoms with E-state index in [1.807, 2.05) is 48.6 Å². The first-order valence-electron chi connectivity index (χ1n) is 9.07. The van der Waals surface area contributed by atoms with Crippen LogP contribution in [0.1, 0.15) is 39.3 Å². The van der Waals surface area contributed by atoms with Crippen LogP contribution in [0.5, 0.6) is 5.75 Å². The molecule has 27 heavy (non-hydrogen) atoms. The Bertz CT molecular complexity index is 855. The number of fused-ring (bicyclic) bond motifs is 1. The first-order valence-corrected chi connectivity index (χ1v) is 9.07. The molecule has 0 amide bonds. The third kappa shape index (κ3) is 6.70. The highest BCUT2D eigenvalue weighted by atomic mass is 16.5. The molecule has 0 saturated heterocycles. The lowest BCUT2D eigenvalue weighted by Gasteiger charge is -2.14. The zero-order chi connectivity index (χ0) is 19.6. The Labute approximate surface area is 159 Å². The average molecular weight is 367 g/mol. The number of para-hydroxylation sites is 1. The standard InChI is InChI=1S/C22H25NO4/c1-4-5-6-7-10-19(26-16(2)24)14-13-18-15-22(27-17(3)25)20-11-8-9-12-21(20)23-18/h5-12,15,19H,4,13-14H2,1-3H3/b6-5+,10-7+. The Balaban J connectivity index is 2.19. The number of nitrogens with zero attached hydrogens (tertiary/aromatic N) is 1. The maximum Gasteiger partial charge on any atom is 0.308 e. The summed E-state index contributed by atoms with van der Waals surface area (Å²) in [6, 6.07) is 9.29. The summed E-state index contributed by atoms with van der Waals surface area (Å²) in [6.07, 6.45) is 9.48. The summed E-state index contributed by atoms with van der Waals surface area (Å²) in [4.78, 5) is 27.4. The van der Waals surface area contributed by atoms with Gasteiger partial charge in [0.25, 0.3) is 0 Å². The monoisotopic (exact) mass is 367 g/mol. The quantitative estimate of drug-likeness (QED) is 0.506. The van der Waals surface area contributed by atoms with Gasteiger partial charge in [0.05, 0.1) is 5.52 Å². The topological polar surface area (TPSA) is 65.5 Å². The van der Waals surface area contributed by atoms with Gasteiger partial charge in [0.2, 0.25) is 0 Å². The van der Waals surface area contributed by atoms with Crippen molar-refractivity contribution in [1.82, 2.24) is 4.98 Å². The lowest BCUT2D eigenvalue weighted by molar-refractivity contribution is -0.144. The molecule has 0 aliphatic rings. The van der Waals surface area contributed by atoms with E-state index < -0.39 is 0 Å². The van der Waals surface area contributed by atoms with Gasteiger partial charge in [-0.15, -0.1) is 0 Å². The van der Waals surface area contributed by atoms with Crippen LogP contribution in [0.3, 0.4) is 0 Å². The van der Waals surface area contributed by atoms with Crippen molar-refractivity contribution >= 4 is 22.8 Å². The smallest absolute Gasteiger partial charge is 0.308 e. The molecule has 1 aromatic carbocycles. The molecule has 5 heteroatoms. The number of esters is 2. The molecule has 5 nitrogen and oxygen atoms in total. The van der Waals surface area contributed by atoms with Crippen molar-refractivity contribution in [2.45, 2.75) is 46.1 Å². The Morgan fingerprint density at radius 2 is 1.93 bits per heavy atom. The van der Waals surface area contributed by atoms with Crippen molar-refractivity contribution in [2.24, 2.45) is 0 Å².